The highest BCUT2D eigenvalue weighted by Crippen LogP contribution is 2.32. The first-order chi connectivity index (χ1) is 9.02. The number of amides is 3. The molecule has 3 amide bonds. The van der Waals surface area contributed by atoms with Gasteiger partial charge in [0.15, 0.2) is 0 Å². The lowest BCUT2D eigenvalue weighted by Gasteiger charge is -2.00. The summed E-state index contributed by atoms with van der Waals surface area (Å²) in [5, 5.41) is 4.33. The molecule has 0 saturated carbocycles. The van der Waals surface area contributed by atoms with Crippen LogP contribution in [0.25, 0.3) is 10.6 Å². The summed E-state index contributed by atoms with van der Waals surface area (Å²) in [5.74, 6) is -0.397. The van der Waals surface area contributed by atoms with Gasteiger partial charge in [-0.05, 0) is 29.5 Å². The van der Waals surface area contributed by atoms with Gasteiger partial charge >= 0.3 is 6.03 Å². The molecule has 0 spiro atoms. The number of hydrogen-bond donors (Lipinski definition) is 4. The Hall–Kier alpha value is -2.28. The van der Waals surface area contributed by atoms with Crippen molar-refractivity contribution in [2.24, 2.45) is 11.5 Å². The second kappa shape index (κ2) is 5.15. The van der Waals surface area contributed by atoms with Crippen LogP contribution in [0.3, 0.4) is 0 Å². The Kier molecular flexibility index (Phi) is 3.57. The maximum absolute atomic E-state index is 11.4. The predicted octanol–water partition coefficient (Wildman–Crippen LogP) is 1.90. The van der Waals surface area contributed by atoms with Crippen LogP contribution in [0.5, 0.6) is 0 Å². The topological polar surface area (TPSA) is 114 Å². The molecule has 6 nitrogen and oxygen atoms in total. The van der Waals surface area contributed by atoms with E-state index in [0.29, 0.717) is 0 Å². The van der Waals surface area contributed by atoms with Gasteiger partial charge in [-0.1, -0.05) is 6.92 Å². The largest absolute Gasteiger partial charge is 0.365 e. The van der Waals surface area contributed by atoms with Crippen LogP contribution < -0.4 is 16.8 Å². The quantitative estimate of drug-likeness (QED) is 0.684. The van der Waals surface area contributed by atoms with Crippen LogP contribution >= 0.6 is 11.3 Å². The molecule has 0 aliphatic carbocycles. The van der Waals surface area contributed by atoms with Crippen molar-refractivity contribution in [1.82, 2.24) is 4.98 Å². The summed E-state index contributed by atoms with van der Waals surface area (Å²) >= 11 is 1.55. The van der Waals surface area contributed by atoms with Crippen molar-refractivity contribution in [3.8, 4) is 10.6 Å². The number of H-pyrrole nitrogens is 1. The zero-order valence-corrected chi connectivity index (χ0v) is 11.1. The predicted molar refractivity (Wildman–Crippen MR) is 75.2 cm³/mol. The van der Waals surface area contributed by atoms with E-state index >= 15 is 0 Å². The number of nitrogens with two attached hydrogens (primary N) is 2. The lowest BCUT2D eigenvalue weighted by Crippen LogP contribution is -2.22. The fourth-order valence-corrected chi connectivity index (χ4v) is 2.81. The Balaban J connectivity index is 2.48. The number of nitrogens with one attached hydrogen (secondary N) is 2. The molecule has 0 saturated heterocycles. The third-order valence-corrected chi connectivity index (χ3v) is 3.69. The summed E-state index contributed by atoms with van der Waals surface area (Å²) < 4.78 is 0. The number of rotatable bonds is 4. The third kappa shape index (κ3) is 2.60. The highest BCUT2D eigenvalue weighted by molar-refractivity contribution is 7.13. The molecule has 0 bridgehead atoms. The van der Waals surface area contributed by atoms with Crippen LogP contribution in [0.2, 0.25) is 0 Å². The van der Waals surface area contributed by atoms with Crippen molar-refractivity contribution >= 4 is 29.1 Å². The Bertz CT molecular complexity index is 629. The number of aromatic amines is 1. The molecular weight excluding hydrogens is 264 g/mol. The van der Waals surface area contributed by atoms with Crippen LogP contribution in [-0.4, -0.2) is 16.9 Å². The minimum atomic E-state index is -0.752. The minimum absolute atomic E-state index is 0.212. The zero-order chi connectivity index (χ0) is 14.0. The normalized spacial score (nSPS) is 10.4. The maximum Gasteiger partial charge on any atom is 0.317 e. The number of primary amides is 2. The number of urea groups is 1. The molecule has 100 valence electrons. The molecule has 2 aromatic rings. The van der Waals surface area contributed by atoms with Gasteiger partial charge in [0.05, 0.1) is 16.1 Å². The van der Waals surface area contributed by atoms with E-state index in [1.807, 2.05) is 18.4 Å². The van der Waals surface area contributed by atoms with Gasteiger partial charge in [-0.15, -0.1) is 11.3 Å². The summed E-state index contributed by atoms with van der Waals surface area (Å²) in [6, 6.07) is 2.89. The number of aryl methyl sites for hydroxylation is 1. The van der Waals surface area contributed by atoms with E-state index in [-0.39, 0.29) is 11.4 Å². The minimum Gasteiger partial charge on any atom is -0.365 e. The van der Waals surface area contributed by atoms with Gasteiger partial charge < -0.3 is 16.5 Å². The molecule has 2 rings (SSSR count). The van der Waals surface area contributed by atoms with E-state index < -0.39 is 11.9 Å². The van der Waals surface area contributed by atoms with Crippen LogP contribution in [0, 0.1) is 0 Å². The molecule has 0 aliphatic rings. The standard InChI is InChI=1S/C12H14N4O2S/c1-2-6-3-4-19-9(6)8-5-7(10(13)17)11(15-8)16-12(14)18/h3-5,15H,2H2,1H3,(H2,13,17)(H3,14,16,18). The lowest BCUT2D eigenvalue weighted by atomic mass is 10.1. The molecule has 2 aromatic heterocycles. The van der Waals surface area contributed by atoms with Crippen LogP contribution in [0.4, 0.5) is 10.6 Å². The Labute approximate surface area is 113 Å². The second-order valence-electron chi connectivity index (χ2n) is 3.95. The monoisotopic (exact) mass is 278 g/mol. The van der Waals surface area contributed by atoms with Crippen molar-refractivity contribution in [2.45, 2.75) is 13.3 Å². The Morgan fingerprint density at radius 1 is 1.42 bits per heavy atom. The van der Waals surface area contributed by atoms with Crippen molar-refractivity contribution in [1.29, 1.82) is 0 Å². The van der Waals surface area contributed by atoms with E-state index in [1.165, 1.54) is 0 Å². The molecule has 0 atom stereocenters. The van der Waals surface area contributed by atoms with Gasteiger partial charge in [-0.2, -0.15) is 0 Å². The number of anilines is 1. The molecule has 2 heterocycles. The van der Waals surface area contributed by atoms with Gasteiger partial charge in [-0.25, -0.2) is 4.79 Å². The van der Waals surface area contributed by atoms with Gasteiger partial charge in [0.2, 0.25) is 0 Å². The average Bonchev–Trinajstić information content (AvgIpc) is 2.93. The second-order valence-corrected chi connectivity index (χ2v) is 4.87. The van der Waals surface area contributed by atoms with Crippen molar-refractivity contribution in [3.63, 3.8) is 0 Å². The van der Waals surface area contributed by atoms with Crippen LogP contribution in [0.1, 0.15) is 22.8 Å². The molecule has 0 aromatic carbocycles. The Morgan fingerprint density at radius 2 is 2.16 bits per heavy atom. The maximum atomic E-state index is 11.4. The highest BCUT2D eigenvalue weighted by Gasteiger charge is 2.17. The highest BCUT2D eigenvalue weighted by atomic mass is 32.1. The summed E-state index contributed by atoms with van der Waals surface area (Å²) in [5.41, 5.74) is 12.5. The van der Waals surface area contributed by atoms with E-state index in [2.05, 4.69) is 10.3 Å². The molecule has 0 unspecified atom stereocenters. The number of thiophene rings is 1. The molecule has 0 fully saturated rings. The number of carbonyl (C=O) groups excluding carboxylic acids is 2. The fraction of sp³-hybridized carbons (Fsp3) is 0.167. The first kappa shape index (κ1) is 13.2. The third-order valence-electron chi connectivity index (χ3n) is 2.70. The summed E-state index contributed by atoms with van der Waals surface area (Å²) in [6.07, 6.45) is 0.877. The van der Waals surface area contributed by atoms with Crippen LogP contribution in [-0.2, 0) is 6.42 Å². The van der Waals surface area contributed by atoms with Gasteiger partial charge in [0.25, 0.3) is 5.91 Å². The van der Waals surface area contributed by atoms with E-state index in [4.69, 9.17) is 11.5 Å². The molecule has 0 radical (unpaired) electrons. The van der Waals surface area contributed by atoms with E-state index in [1.54, 1.807) is 17.4 Å². The molecule has 0 aliphatic heterocycles. The van der Waals surface area contributed by atoms with E-state index in [0.717, 1.165) is 22.6 Å². The molecule has 19 heavy (non-hydrogen) atoms. The summed E-state index contributed by atoms with van der Waals surface area (Å²) in [4.78, 5) is 26.2. The van der Waals surface area contributed by atoms with Crippen LogP contribution in [0.15, 0.2) is 17.5 Å². The number of aromatic nitrogens is 1. The SMILES string of the molecule is CCc1ccsc1-c1cc(C(N)=O)c(NC(N)=O)[nH]1. The number of hydrogen-bond acceptors (Lipinski definition) is 3. The fourth-order valence-electron chi connectivity index (χ4n) is 1.84. The van der Waals surface area contributed by atoms with Crippen molar-refractivity contribution < 1.29 is 9.59 Å². The summed E-state index contributed by atoms with van der Waals surface area (Å²) in [6.45, 7) is 2.05. The molecular formula is C12H14N4O2S. The van der Waals surface area contributed by atoms with E-state index in [9.17, 15) is 9.59 Å². The van der Waals surface area contributed by atoms with Gasteiger partial charge in [-0.3, -0.25) is 10.1 Å². The Morgan fingerprint density at radius 3 is 2.74 bits per heavy atom. The van der Waals surface area contributed by atoms with Gasteiger partial charge in [0, 0.05) is 0 Å². The van der Waals surface area contributed by atoms with Gasteiger partial charge in [0.1, 0.15) is 5.82 Å². The van der Waals surface area contributed by atoms with Crippen molar-refractivity contribution in [2.75, 3.05) is 5.32 Å². The summed E-state index contributed by atoms with van der Waals surface area (Å²) in [7, 11) is 0. The average molecular weight is 278 g/mol. The zero-order valence-electron chi connectivity index (χ0n) is 10.3. The molecule has 6 N–H and O–H groups in total. The first-order valence-electron chi connectivity index (χ1n) is 5.69. The number of carbonyl (C=O) groups is 2. The molecule has 7 heteroatoms. The lowest BCUT2D eigenvalue weighted by molar-refractivity contribution is 0.100. The van der Waals surface area contributed by atoms with Crippen molar-refractivity contribution in [3.05, 3.63) is 28.6 Å². The smallest absolute Gasteiger partial charge is 0.317 e. The first-order valence-corrected chi connectivity index (χ1v) is 6.57.